The fourth-order valence-corrected chi connectivity index (χ4v) is 2.54. The third kappa shape index (κ3) is 4.13. The fourth-order valence-electron chi connectivity index (χ4n) is 2.54. The molecular weight excluding hydrogens is 389 g/mol. The molecule has 1 N–H and O–H groups in total. The van der Waals surface area contributed by atoms with Gasteiger partial charge < -0.3 is 10.1 Å². The molecule has 0 spiro atoms. The van der Waals surface area contributed by atoms with E-state index in [1.54, 1.807) is 18.2 Å². The number of rotatable bonds is 4. The quantitative estimate of drug-likeness (QED) is 0.565. The molecule has 0 atom stereocenters. The van der Waals surface area contributed by atoms with Crippen molar-refractivity contribution in [3.63, 3.8) is 0 Å². The largest absolute Gasteiger partial charge is 0.573 e. The number of halogens is 3. The molecule has 0 aliphatic heterocycles. The molecule has 0 aliphatic carbocycles. The van der Waals surface area contributed by atoms with E-state index < -0.39 is 18.0 Å². The Kier molecular flexibility index (Phi) is 4.55. The first-order valence-electron chi connectivity index (χ1n) is 8.20. The summed E-state index contributed by atoms with van der Waals surface area (Å²) in [6, 6.07) is 13.3. The van der Waals surface area contributed by atoms with E-state index in [4.69, 9.17) is 0 Å². The summed E-state index contributed by atoms with van der Waals surface area (Å²) < 4.78 is 42.6. The normalized spacial score (nSPS) is 11.4. The van der Waals surface area contributed by atoms with Crippen LogP contribution in [0.1, 0.15) is 10.5 Å². The van der Waals surface area contributed by atoms with Crippen LogP contribution < -0.4 is 10.1 Å². The van der Waals surface area contributed by atoms with Crippen molar-refractivity contribution in [2.45, 2.75) is 6.36 Å². The van der Waals surface area contributed by atoms with E-state index in [1.807, 2.05) is 0 Å². The Morgan fingerprint density at radius 1 is 1.03 bits per heavy atom. The van der Waals surface area contributed by atoms with Crippen LogP contribution in [0, 0.1) is 0 Å². The number of nitrogens with zero attached hydrogens (tertiary/aromatic N) is 5. The monoisotopic (exact) mass is 400 g/mol. The smallest absolute Gasteiger partial charge is 0.406 e. The molecule has 0 unspecified atom stereocenters. The third-order valence-corrected chi connectivity index (χ3v) is 3.73. The average molecular weight is 400 g/mol. The van der Waals surface area contributed by atoms with Crippen LogP contribution in [0.2, 0.25) is 0 Å². The number of nitrogens with one attached hydrogen (secondary N) is 1. The highest BCUT2D eigenvalue weighted by Crippen LogP contribution is 2.27. The number of hydrogen-bond acceptors (Lipinski definition) is 6. The van der Waals surface area contributed by atoms with Crippen molar-refractivity contribution in [2.75, 3.05) is 5.32 Å². The maximum atomic E-state index is 12.5. The van der Waals surface area contributed by atoms with E-state index in [-0.39, 0.29) is 17.1 Å². The van der Waals surface area contributed by atoms with Gasteiger partial charge in [0, 0.05) is 11.8 Å². The van der Waals surface area contributed by atoms with E-state index in [1.165, 1.54) is 41.0 Å². The van der Waals surface area contributed by atoms with Gasteiger partial charge in [-0.05, 0) is 36.4 Å². The molecule has 3 heterocycles. The van der Waals surface area contributed by atoms with Crippen molar-refractivity contribution < 1.29 is 22.7 Å². The number of anilines is 1. The van der Waals surface area contributed by atoms with Crippen molar-refractivity contribution in [1.29, 1.82) is 0 Å². The summed E-state index contributed by atoms with van der Waals surface area (Å²) in [5, 5.41) is 14.7. The Labute approximate surface area is 161 Å². The molecule has 0 fully saturated rings. The fraction of sp³-hybridized carbons (Fsp3) is 0.0556. The van der Waals surface area contributed by atoms with Crippen LogP contribution in [0.5, 0.6) is 5.75 Å². The van der Waals surface area contributed by atoms with Gasteiger partial charge in [-0.2, -0.15) is 9.61 Å². The number of fused-ring (bicyclic) bond motifs is 1. The molecule has 29 heavy (non-hydrogen) atoms. The lowest BCUT2D eigenvalue weighted by Gasteiger charge is -2.09. The van der Waals surface area contributed by atoms with Crippen LogP contribution >= 0.6 is 0 Å². The molecule has 0 aliphatic rings. The summed E-state index contributed by atoms with van der Waals surface area (Å²) >= 11 is 0. The third-order valence-electron chi connectivity index (χ3n) is 3.73. The number of hydrogen-bond donors (Lipinski definition) is 1. The lowest BCUT2D eigenvalue weighted by atomic mass is 10.2. The molecule has 1 aromatic carbocycles. The molecule has 4 aromatic rings. The highest BCUT2D eigenvalue weighted by molar-refractivity contribution is 6.02. The first kappa shape index (κ1) is 18.3. The lowest BCUT2D eigenvalue weighted by molar-refractivity contribution is -0.274. The first-order valence-corrected chi connectivity index (χ1v) is 8.20. The number of amides is 1. The van der Waals surface area contributed by atoms with Gasteiger partial charge in [-0.25, -0.2) is 4.98 Å². The van der Waals surface area contributed by atoms with Crippen LogP contribution in [-0.2, 0) is 0 Å². The summed E-state index contributed by atoms with van der Waals surface area (Å²) in [4.78, 5) is 16.4. The molecule has 146 valence electrons. The molecular formula is C18H11F3N6O2. The highest BCUT2D eigenvalue weighted by Gasteiger charge is 2.31. The Morgan fingerprint density at radius 2 is 1.90 bits per heavy atom. The second-order valence-electron chi connectivity index (χ2n) is 5.76. The van der Waals surface area contributed by atoms with E-state index in [2.05, 4.69) is 30.3 Å². The van der Waals surface area contributed by atoms with Crippen molar-refractivity contribution in [2.24, 2.45) is 0 Å². The second kappa shape index (κ2) is 7.19. The van der Waals surface area contributed by atoms with E-state index in [0.717, 1.165) is 6.07 Å². The number of alkyl halides is 3. The van der Waals surface area contributed by atoms with Gasteiger partial charge in [-0.1, -0.05) is 18.2 Å². The molecule has 3 aromatic heterocycles. The zero-order valence-corrected chi connectivity index (χ0v) is 14.5. The number of ether oxygens (including phenoxy) is 1. The summed E-state index contributed by atoms with van der Waals surface area (Å²) in [7, 11) is 0. The molecule has 0 bridgehead atoms. The predicted molar refractivity (Wildman–Crippen MR) is 95.1 cm³/mol. The molecule has 0 saturated heterocycles. The van der Waals surface area contributed by atoms with Gasteiger partial charge in [0.05, 0.1) is 0 Å². The van der Waals surface area contributed by atoms with Crippen LogP contribution in [0.3, 0.4) is 0 Å². The van der Waals surface area contributed by atoms with Gasteiger partial charge in [0.15, 0.2) is 11.5 Å². The van der Waals surface area contributed by atoms with E-state index >= 15 is 0 Å². The number of pyridine rings is 1. The lowest BCUT2D eigenvalue weighted by Crippen LogP contribution is -2.17. The van der Waals surface area contributed by atoms with Crippen molar-refractivity contribution in [1.82, 2.24) is 24.8 Å². The summed E-state index contributed by atoms with van der Waals surface area (Å²) in [6.07, 6.45) is -3.29. The summed E-state index contributed by atoms with van der Waals surface area (Å²) in [6.45, 7) is 0. The molecule has 8 nitrogen and oxygen atoms in total. The zero-order chi connectivity index (χ0) is 20.4. The molecule has 0 saturated carbocycles. The standard InChI is InChI=1S/C18H11F3N6O2/c19-18(20,21)29-12-5-3-4-11(10-12)16-25-24-15-8-7-13(26-27(15)16)17(28)23-14-6-1-2-9-22-14/h1-10H,(H,22,23,28). The van der Waals surface area contributed by atoms with Crippen LogP contribution in [0.15, 0.2) is 60.8 Å². The van der Waals surface area contributed by atoms with Crippen LogP contribution in [0.25, 0.3) is 17.0 Å². The van der Waals surface area contributed by atoms with Gasteiger partial charge in [0.2, 0.25) is 0 Å². The average Bonchev–Trinajstić information content (AvgIpc) is 3.11. The minimum atomic E-state index is -4.82. The Balaban J connectivity index is 1.67. The summed E-state index contributed by atoms with van der Waals surface area (Å²) in [5.74, 6) is -0.421. The predicted octanol–water partition coefficient (Wildman–Crippen LogP) is 3.34. The maximum Gasteiger partial charge on any atom is 0.573 e. The van der Waals surface area contributed by atoms with Gasteiger partial charge in [0.25, 0.3) is 5.91 Å². The number of carbonyl (C=O) groups excluding carboxylic acids is 1. The molecule has 0 radical (unpaired) electrons. The Hall–Kier alpha value is -4.02. The Bertz CT molecular complexity index is 1180. The summed E-state index contributed by atoms with van der Waals surface area (Å²) in [5.41, 5.74) is 0.650. The SMILES string of the molecule is O=C(Nc1ccccn1)c1ccc2nnc(-c3cccc(OC(F)(F)F)c3)n2n1. The van der Waals surface area contributed by atoms with E-state index in [0.29, 0.717) is 11.5 Å². The maximum absolute atomic E-state index is 12.5. The van der Waals surface area contributed by atoms with Gasteiger partial charge in [0.1, 0.15) is 17.3 Å². The molecule has 1 amide bonds. The van der Waals surface area contributed by atoms with Crippen molar-refractivity contribution >= 4 is 17.4 Å². The zero-order valence-electron chi connectivity index (χ0n) is 14.5. The first-order chi connectivity index (χ1) is 13.9. The second-order valence-corrected chi connectivity index (χ2v) is 5.76. The topological polar surface area (TPSA) is 94.3 Å². The van der Waals surface area contributed by atoms with Crippen LogP contribution in [-0.4, -0.2) is 37.1 Å². The van der Waals surface area contributed by atoms with Gasteiger partial charge in [-0.3, -0.25) is 4.79 Å². The minimum Gasteiger partial charge on any atom is -0.406 e. The number of benzene rings is 1. The Morgan fingerprint density at radius 3 is 2.66 bits per heavy atom. The number of aromatic nitrogens is 5. The van der Waals surface area contributed by atoms with Gasteiger partial charge in [-0.15, -0.1) is 23.4 Å². The van der Waals surface area contributed by atoms with Gasteiger partial charge >= 0.3 is 6.36 Å². The van der Waals surface area contributed by atoms with Crippen molar-refractivity contribution in [3.8, 4) is 17.1 Å². The van der Waals surface area contributed by atoms with E-state index in [9.17, 15) is 18.0 Å². The molecule has 4 rings (SSSR count). The molecule has 11 heteroatoms. The minimum absolute atomic E-state index is 0.0481. The highest BCUT2D eigenvalue weighted by atomic mass is 19.4. The van der Waals surface area contributed by atoms with Crippen molar-refractivity contribution in [3.05, 3.63) is 66.5 Å². The van der Waals surface area contributed by atoms with Crippen LogP contribution in [0.4, 0.5) is 19.0 Å². The number of carbonyl (C=O) groups is 1.